The summed E-state index contributed by atoms with van der Waals surface area (Å²) in [6, 6.07) is 19.2. The SMILES string of the molecule is Cc1ccc(Nc2ccccc2N=S(=O)([O-])c2ccc(C(=O)[O-])cc2)cc1. The van der Waals surface area contributed by atoms with Gasteiger partial charge < -0.3 is 19.8 Å². The van der Waals surface area contributed by atoms with Crippen LogP contribution in [0.5, 0.6) is 0 Å². The Balaban J connectivity index is 1.97. The minimum absolute atomic E-state index is 0.0994. The zero-order valence-corrected chi connectivity index (χ0v) is 15.2. The van der Waals surface area contributed by atoms with Gasteiger partial charge in [0.1, 0.15) is 0 Å². The first-order valence-corrected chi connectivity index (χ1v) is 9.51. The Hall–Kier alpha value is -3.16. The average Bonchev–Trinajstić information content (AvgIpc) is 2.65. The third-order valence-corrected chi connectivity index (χ3v) is 5.15. The standard InChI is InChI=1S/C20H18N2O4S/c1-14-6-10-16(11-7-14)21-18-4-2-3-5-19(18)22-27(25,26)17-12-8-15(9-13-17)20(23)24/h2-13,21H,1H3,(H,23,24)(H,22,25,26)/p-2. The van der Waals surface area contributed by atoms with Crippen LogP contribution < -0.4 is 10.4 Å². The number of hydrogen-bond donors (Lipinski definition) is 1. The summed E-state index contributed by atoms with van der Waals surface area (Å²) in [4.78, 5) is 10.7. The first-order chi connectivity index (χ1) is 12.8. The Morgan fingerprint density at radius 1 is 0.963 bits per heavy atom. The predicted molar refractivity (Wildman–Crippen MR) is 101 cm³/mol. The van der Waals surface area contributed by atoms with Gasteiger partial charge in [0.05, 0.1) is 17.3 Å². The number of carbonyl (C=O) groups is 1. The smallest absolute Gasteiger partial charge is 0.0957 e. The van der Waals surface area contributed by atoms with Gasteiger partial charge in [0.15, 0.2) is 0 Å². The number of carboxylic acids is 1. The molecule has 1 unspecified atom stereocenters. The Morgan fingerprint density at radius 3 is 2.22 bits per heavy atom. The molecule has 1 N–H and O–H groups in total. The van der Waals surface area contributed by atoms with Crippen molar-refractivity contribution < 1.29 is 18.7 Å². The Morgan fingerprint density at radius 2 is 1.59 bits per heavy atom. The molecule has 0 aromatic heterocycles. The van der Waals surface area contributed by atoms with Crippen molar-refractivity contribution in [3.8, 4) is 0 Å². The Labute approximate surface area is 157 Å². The van der Waals surface area contributed by atoms with Crippen LogP contribution in [0.2, 0.25) is 0 Å². The normalized spacial score (nSPS) is 12.8. The van der Waals surface area contributed by atoms with Gasteiger partial charge in [0.25, 0.3) is 0 Å². The van der Waals surface area contributed by atoms with Gasteiger partial charge in [-0.2, -0.15) is 0 Å². The number of para-hydroxylation sites is 1. The summed E-state index contributed by atoms with van der Waals surface area (Å²) in [6.07, 6.45) is 0. The summed E-state index contributed by atoms with van der Waals surface area (Å²) in [5.41, 5.74) is 2.61. The van der Waals surface area contributed by atoms with E-state index in [1.807, 2.05) is 31.2 Å². The first-order valence-electron chi connectivity index (χ1n) is 8.07. The molecule has 3 aromatic carbocycles. The third-order valence-electron chi connectivity index (χ3n) is 3.84. The molecule has 1 atom stereocenters. The Kier molecular flexibility index (Phi) is 5.25. The van der Waals surface area contributed by atoms with Crippen LogP contribution >= 0.6 is 0 Å². The van der Waals surface area contributed by atoms with Crippen LogP contribution in [-0.2, 0) is 10.0 Å². The van der Waals surface area contributed by atoms with E-state index in [4.69, 9.17) is 0 Å². The molecule has 0 bridgehead atoms. The second-order valence-corrected chi connectivity index (χ2v) is 7.49. The highest BCUT2D eigenvalue weighted by molar-refractivity contribution is 7.88. The van der Waals surface area contributed by atoms with Crippen LogP contribution in [0.1, 0.15) is 15.9 Å². The number of hydrogen-bond acceptors (Lipinski definition) is 6. The van der Waals surface area contributed by atoms with E-state index in [9.17, 15) is 18.7 Å². The van der Waals surface area contributed by atoms with Gasteiger partial charge in [0, 0.05) is 20.6 Å². The molecule has 138 valence electrons. The van der Waals surface area contributed by atoms with E-state index < -0.39 is 16.0 Å². The number of rotatable bonds is 5. The zero-order chi connectivity index (χ0) is 19.4. The van der Waals surface area contributed by atoms with Crippen molar-refractivity contribution in [1.82, 2.24) is 0 Å². The van der Waals surface area contributed by atoms with Crippen LogP contribution in [0.4, 0.5) is 17.1 Å². The molecule has 6 nitrogen and oxygen atoms in total. The number of aryl methyl sites for hydroxylation is 1. The number of nitrogens with one attached hydrogen (secondary N) is 1. The topological polar surface area (TPSA) is 105 Å². The molecule has 0 aliphatic carbocycles. The van der Waals surface area contributed by atoms with Gasteiger partial charge in [-0.15, -0.1) is 0 Å². The second-order valence-electron chi connectivity index (χ2n) is 5.89. The molecule has 0 fully saturated rings. The van der Waals surface area contributed by atoms with E-state index in [1.54, 1.807) is 24.3 Å². The van der Waals surface area contributed by atoms with Gasteiger partial charge in [-0.05, 0) is 48.9 Å². The quantitative estimate of drug-likeness (QED) is 0.730. The highest BCUT2D eigenvalue weighted by atomic mass is 32.2. The fourth-order valence-electron chi connectivity index (χ4n) is 2.40. The highest BCUT2D eigenvalue weighted by Crippen LogP contribution is 2.30. The molecular formula is C20H16N2O4S-2. The van der Waals surface area contributed by atoms with Crippen molar-refractivity contribution in [2.45, 2.75) is 11.8 Å². The largest absolute Gasteiger partial charge is 0.760 e. The van der Waals surface area contributed by atoms with Crippen molar-refractivity contribution in [1.29, 1.82) is 0 Å². The summed E-state index contributed by atoms with van der Waals surface area (Å²) in [7, 11) is -4.01. The van der Waals surface area contributed by atoms with Gasteiger partial charge in [0.2, 0.25) is 0 Å². The lowest BCUT2D eigenvalue weighted by Gasteiger charge is -2.17. The number of aromatic carboxylic acids is 1. The summed E-state index contributed by atoms with van der Waals surface area (Å²) >= 11 is 0. The van der Waals surface area contributed by atoms with E-state index in [-0.39, 0.29) is 16.1 Å². The van der Waals surface area contributed by atoms with Crippen molar-refractivity contribution in [3.05, 3.63) is 83.9 Å². The molecule has 7 heteroatoms. The fourth-order valence-corrected chi connectivity index (χ4v) is 3.40. The molecule has 0 heterocycles. The third kappa shape index (κ3) is 4.52. The molecule has 0 aliphatic rings. The summed E-state index contributed by atoms with van der Waals surface area (Å²) in [6.45, 7) is 1.98. The van der Waals surface area contributed by atoms with Gasteiger partial charge in [-0.3, -0.25) is 4.21 Å². The number of nitrogens with zero attached hydrogens (tertiary/aromatic N) is 1. The maximum Gasteiger partial charge on any atom is 0.0957 e. The lowest BCUT2D eigenvalue weighted by molar-refractivity contribution is -0.255. The summed E-state index contributed by atoms with van der Waals surface area (Å²) < 4.78 is 29.0. The van der Waals surface area contributed by atoms with Gasteiger partial charge in [-0.25, -0.2) is 4.36 Å². The van der Waals surface area contributed by atoms with Gasteiger partial charge >= 0.3 is 0 Å². The minimum Gasteiger partial charge on any atom is -0.760 e. The predicted octanol–water partition coefficient (Wildman–Crippen LogP) is 3.39. The molecule has 27 heavy (non-hydrogen) atoms. The van der Waals surface area contributed by atoms with E-state index in [0.29, 0.717) is 5.69 Å². The summed E-state index contributed by atoms with van der Waals surface area (Å²) in [5, 5.41) is 14.0. The monoisotopic (exact) mass is 380 g/mol. The van der Waals surface area contributed by atoms with Crippen LogP contribution in [-0.4, -0.2) is 14.7 Å². The van der Waals surface area contributed by atoms with E-state index in [2.05, 4.69) is 9.68 Å². The molecule has 0 aliphatic heterocycles. The summed E-state index contributed by atoms with van der Waals surface area (Å²) in [5.74, 6) is -1.37. The molecule has 0 saturated heterocycles. The van der Waals surface area contributed by atoms with Crippen molar-refractivity contribution in [2.24, 2.45) is 4.36 Å². The maximum absolute atomic E-state index is 12.6. The number of benzene rings is 3. The van der Waals surface area contributed by atoms with Crippen LogP contribution in [0.25, 0.3) is 0 Å². The van der Waals surface area contributed by atoms with E-state index >= 15 is 0 Å². The lowest BCUT2D eigenvalue weighted by Crippen LogP contribution is -2.22. The minimum atomic E-state index is -4.01. The van der Waals surface area contributed by atoms with Crippen molar-refractivity contribution in [2.75, 3.05) is 5.32 Å². The second kappa shape index (κ2) is 7.61. The van der Waals surface area contributed by atoms with Gasteiger partial charge in [-0.1, -0.05) is 42.0 Å². The zero-order valence-electron chi connectivity index (χ0n) is 14.4. The highest BCUT2D eigenvalue weighted by Gasteiger charge is 2.06. The van der Waals surface area contributed by atoms with Crippen LogP contribution in [0, 0.1) is 6.92 Å². The molecule has 0 spiro atoms. The average molecular weight is 380 g/mol. The van der Waals surface area contributed by atoms with Crippen molar-refractivity contribution in [3.63, 3.8) is 0 Å². The maximum atomic E-state index is 12.6. The molecular weight excluding hydrogens is 364 g/mol. The molecule has 3 aromatic rings. The number of anilines is 2. The first kappa shape index (κ1) is 18.6. The Bertz CT molecular complexity index is 1080. The van der Waals surface area contributed by atoms with E-state index in [1.165, 1.54) is 24.3 Å². The van der Waals surface area contributed by atoms with Crippen LogP contribution in [0.3, 0.4) is 0 Å². The van der Waals surface area contributed by atoms with Crippen molar-refractivity contribution >= 4 is 33.0 Å². The number of carboxylic acid groups (broad SMARTS) is 1. The molecule has 0 amide bonds. The van der Waals surface area contributed by atoms with Crippen LogP contribution in [0.15, 0.2) is 82.1 Å². The molecule has 3 rings (SSSR count). The molecule has 0 radical (unpaired) electrons. The number of carbonyl (C=O) groups excluding carboxylic acids is 1. The van der Waals surface area contributed by atoms with E-state index in [0.717, 1.165) is 11.3 Å². The fraction of sp³-hybridized carbons (Fsp3) is 0.0500. The molecule has 0 saturated carbocycles. The lowest BCUT2D eigenvalue weighted by atomic mass is 10.2.